The molecule has 1 aromatic heterocycles. The predicted octanol–water partition coefficient (Wildman–Crippen LogP) is 0.389. The summed E-state index contributed by atoms with van der Waals surface area (Å²) < 4.78 is 28.9. The summed E-state index contributed by atoms with van der Waals surface area (Å²) in [7, 11) is 0. The molecule has 1 aliphatic heterocycles. The van der Waals surface area contributed by atoms with Crippen LogP contribution in [-0.4, -0.2) is 51.2 Å². The van der Waals surface area contributed by atoms with E-state index < -0.39 is 17.9 Å². The monoisotopic (exact) mass is 308 g/mol. The van der Waals surface area contributed by atoms with Gasteiger partial charge in [0.1, 0.15) is 12.4 Å². The van der Waals surface area contributed by atoms with Crippen LogP contribution in [0.4, 0.5) is 8.78 Å². The quantitative estimate of drug-likeness (QED) is 0.857. The molecule has 9 heteroatoms. The third-order valence-electron chi connectivity index (χ3n) is 3.52. The zero-order valence-electron chi connectivity index (χ0n) is 11.5. The van der Waals surface area contributed by atoms with Gasteiger partial charge in [0.05, 0.1) is 5.69 Å². The number of alkyl halides is 2. The van der Waals surface area contributed by atoms with E-state index in [-0.39, 0.29) is 25.1 Å². The number of tetrazole rings is 1. The number of nitrogens with zero attached hydrogens (tertiary/aromatic N) is 4. The fourth-order valence-corrected chi connectivity index (χ4v) is 2.29. The molecule has 0 aliphatic carbocycles. The number of halogens is 2. The Morgan fingerprint density at radius 1 is 1.45 bits per heavy atom. The first kappa shape index (κ1) is 14.5. The summed E-state index contributed by atoms with van der Waals surface area (Å²) >= 11 is 0. The highest BCUT2D eigenvalue weighted by Gasteiger charge is 2.42. The lowest BCUT2D eigenvalue weighted by Gasteiger charge is -2.32. The van der Waals surface area contributed by atoms with Gasteiger partial charge in [-0.2, -0.15) is 0 Å². The van der Waals surface area contributed by atoms with Crippen LogP contribution in [0.1, 0.15) is 16.8 Å². The molecule has 1 saturated heterocycles. The van der Waals surface area contributed by atoms with Crippen LogP contribution in [0, 0.1) is 0 Å². The van der Waals surface area contributed by atoms with Gasteiger partial charge in [0, 0.05) is 25.1 Å². The highest BCUT2D eigenvalue weighted by molar-refractivity contribution is 5.95. The third kappa shape index (κ3) is 2.93. The Morgan fingerprint density at radius 3 is 3.05 bits per heavy atom. The van der Waals surface area contributed by atoms with Crippen molar-refractivity contribution < 1.29 is 13.6 Å². The molecule has 22 heavy (non-hydrogen) atoms. The minimum atomic E-state index is -2.91. The van der Waals surface area contributed by atoms with Crippen molar-refractivity contribution in [2.24, 2.45) is 0 Å². The average Bonchev–Trinajstić information content (AvgIpc) is 3.04. The van der Waals surface area contributed by atoms with Gasteiger partial charge >= 0.3 is 0 Å². The molecule has 1 aliphatic rings. The second kappa shape index (κ2) is 5.76. The molecule has 2 N–H and O–H groups in total. The van der Waals surface area contributed by atoms with Crippen LogP contribution in [0.15, 0.2) is 30.6 Å². The summed E-state index contributed by atoms with van der Waals surface area (Å²) in [6.45, 7) is 0.291. The molecule has 3 rings (SSSR count). The minimum Gasteiger partial charge on any atom is -0.342 e. The SMILES string of the molecule is O=C(N[C@@H]1CNCCC1(F)F)c1cccc(-n2cnnn2)c1. The molecule has 0 unspecified atom stereocenters. The zero-order valence-corrected chi connectivity index (χ0v) is 11.5. The highest BCUT2D eigenvalue weighted by atomic mass is 19.3. The van der Waals surface area contributed by atoms with Crippen molar-refractivity contribution >= 4 is 5.91 Å². The molecule has 7 nitrogen and oxygen atoms in total. The molecular formula is C13H14F2N6O. The van der Waals surface area contributed by atoms with Gasteiger partial charge < -0.3 is 10.6 Å². The Balaban J connectivity index is 1.76. The predicted molar refractivity (Wildman–Crippen MR) is 72.8 cm³/mol. The smallest absolute Gasteiger partial charge is 0.270 e. The molecular weight excluding hydrogens is 294 g/mol. The molecule has 0 bridgehead atoms. The van der Waals surface area contributed by atoms with E-state index in [1.54, 1.807) is 24.3 Å². The van der Waals surface area contributed by atoms with Crippen LogP contribution >= 0.6 is 0 Å². The van der Waals surface area contributed by atoms with Crippen LogP contribution in [-0.2, 0) is 0 Å². The molecule has 0 saturated carbocycles. The molecule has 2 aromatic rings. The van der Waals surface area contributed by atoms with Crippen molar-refractivity contribution in [2.45, 2.75) is 18.4 Å². The molecule has 116 valence electrons. The second-order valence-corrected chi connectivity index (χ2v) is 5.05. The second-order valence-electron chi connectivity index (χ2n) is 5.05. The van der Waals surface area contributed by atoms with E-state index in [4.69, 9.17) is 0 Å². The van der Waals surface area contributed by atoms with Crippen LogP contribution in [0.5, 0.6) is 0 Å². The lowest BCUT2D eigenvalue weighted by atomic mass is 10.0. The van der Waals surface area contributed by atoms with Crippen molar-refractivity contribution in [3.05, 3.63) is 36.2 Å². The van der Waals surface area contributed by atoms with Gasteiger partial charge in [0.2, 0.25) is 0 Å². The van der Waals surface area contributed by atoms with Gasteiger partial charge in [-0.15, -0.1) is 5.10 Å². The van der Waals surface area contributed by atoms with Gasteiger partial charge in [-0.1, -0.05) is 6.07 Å². The molecule has 0 radical (unpaired) electrons. The Morgan fingerprint density at radius 2 is 2.32 bits per heavy atom. The third-order valence-corrected chi connectivity index (χ3v) is 3.52. The van der Waals surface area contributed by atoms with E-state index in [1.165, 1.54) is 11.0 Å². The van der Waals surface area contributed by atoms with E-state index in [9.17, 15) is 13.6 Å². The first-order valence-corrected chi connectivity index (χ1v) is 6.79. The van der Waals surface area contributed by atoms with Gasteiger partial charge in [0.25, 0.3) is 11.8 Å². The molecule has 2 heterocycles. The Kier molecular flexibility index (Phi) is 3.80. The van der Waals surface area contributed by atoms with Crippen molar-refractivity contribution in [1.29, 1.82) is 0 Å². The summed E-state index contributed by atoms with van der Waals surface area (Å²) in [6, 6.07) is 5.23. The van der Waals surface area contributed by atoms with Gasteiger partial charge in [0.15, 0.2) is 0 Å². The summed E-state index contributed by atoms with van der Waals surface area (Å²) in [5.41, 5.74) is 0.848. The molecule has 1 aromatic carbocycles. The Bertz CT molecular complexity index is 660. The van der Waals surface area contributed by atoms with Crippen LogP contribution < -0.4 is 10.6 Å². The van der Waals surface area contributed by atoms with Crippen LogP contribution in [0.2, 0.25) is 0 Å². The number of carbonyl (C=O) groups excluding carboxylic acids is 1. The Labute approximate surface area is 124 Å². The standard InChI is InChI=1S/C13H14F2N6O/c14-13(15)4-5-16-7-11(13)18-12(22)9-2-1-3-10(6-9)21-8-17-19-20-21/h1-3,6,8,11,16H,4-5,7H2,(H,18,22)/t11-/m1/s1. The summed E-state index contributed by atoms with van der Waals surface area (Å²) in [4.78, 5) is 12.2. The maximum atomic E-state index is 13.8. The normalized spacial score (nSPS) is 20.5. The number of hydrogen-bond donors (Lipinski definition) is 2. The molecule has 1 amide bonds. The zero-order chi connectivity index (χ0) is 15.6. The van der Waals surface area contributed by atoms with E-state index in [1.807, 2.05) is 0 Å². The highest BCUT2D eigenvalue weighted by Crippen LogP contribution is 2.25. The number of rotatable bonds is 3. The van der Waals surface area contributed by atoms with E-state index in [0.29, 0.717) is 5.69 Å². The van der Waals surface area contributed by atoms with Crippen LogP contribution in [0.3, 0.4) is 0 Å². The maximum Gasteiger partial charge on any atom is 0.270 e. The molecule has 1 atom stereocenters. The summed E-state index contributed by atoms with van der Waals surface area (Å²) in [5.74, 6) is -3.46. The van der Waals surface area contributed by atoms with Crippen molar-refractivity contribution in [2.75, 3.05) is 13.1 Å². The number of piperidine rings is 1. The topological polar surface area (TPSA) is 84.7 Å². The van der Waals surface area contributed by atoms with Crippen LogP contribution in [0.25, 0.3) is 5.69 Å². The van der Waals surface area contributed by atoms with Crippen molar-refractivity contribution in [3.63, 3.8) is 0 Å². The van der Waals surface area contributed by atoms with E-state index in [0.717, 1.165) is 0 Å². The van der Waals surface area contributed by atoms with Crippen molar-refractivity contribution in [1.82, 2.24) is 30.8 Å². The largest absolute Gasteiger partial charge is 0.342 e. The lowest BCUT2D eigenvalue weighted by Crippen LogP contribution is -2.57. The van der Waals surface area contributed by atoms with Gasteiger partial charge in [-0.25, -0.2) is 13.5 Å². The fourth-order valence-electron chi connectivity index (χ4n) is 2.29. The number of amides is 1. The number of benzene rings is 1. The number of nitrogens with one attached hydrogen (secondary N) is 2. The number of carbonyl (C=O) groups is 1. The average molecular weight is 308 g/mol. The maximum absolute atomic E-state index is 13.8. The first-order chi connectivity index (χ1) is 10.6. The van der Waals surface area contributed by atoms with Gasteiger partial charge in [-0.3, -0.25) is 4.79 Å². The van der Waals surface area contributed by atoms with E-state index >= 15 is 0 Å². The van der Waals surface area contributed by atoms with E-state index in [2.05, 4.69) is 26.2 Å². The molecule has 1 fully saturated rings. The van der Waals surface area contributed by atoms with Gasteiger partial charge in [-0.05, 0) is 28.6 Å². The molecule has 0 spiro atoms. The minimum absolute atomic E-state index is 0.0471. The van der Waals surface area contributed by atoms with Crippen molar-refractivity contribution in [3.8, 4) is 5.69 Å². The summed E-state index contributed by atoms with van der Waals surface area (Å²) in [6.07, 6.45) is 1.10. The lowest BCUT2D eigenvalue weighted by molar-refractivity contribution is -0.0542. The fraction of sp³-hybridized carbons (Fsp3) is 0.385. The number of hydrogen-bond acceptors (Lipinski definition) is 5. The summed E-state index contributed by atoms with van der Waals surface area (Å²) in [5, 5.41) is 16.0. The first-order valence-electron chi connectivity index (χ1n) is 6.79. The Hall–Kier alpha value is -2.42. The number of aromatic nitrogens is 4.